The Morgan fingerprint density at radius 1 is 0.533 bits per heavy atom. The second-order valence-corrected chi connectivity index (χ2v) is 7.18. The van der Waals surface area contributed by atoms with Crippen molar-refractivity contribution in [3.63, 3.8) is 0 Å². The van der Waals surface area contributed by atoms with Gasteiger partial charge in [-0.2, -0.15) is 0 Å². The van der Waals surface area contributed by atoms with Crippen molar-refractivity contribution in [3.8, 4) is 33.8 Å². The topological polar surface area (TPSA) is 79.1 Å². The maximum Gasteiger partial charge on any atom is 0.127 e. The van der Waals surface area contributed by atoms with E-state index in [0.29, 0.717) is 0 Å². The molecule has 1 aromatic heterocycles. The molecule has 5 heteroatoms. The number of benzene rings is 3. The molecule has 2 N–H and O–H groups in total. The molecule has 0 radical (unpaired) electrons. The number of aryl methyl sites for hydroxylation is 2. The lowest BCUT2D eigenvalue weighted by atomic mass is 9.91. The molecule has 5 nitrogen and oxygen atoms in total. The molecule has 4 rings (SSSR count). The van der Waals surface area contributed by atoms with Crippen molar-refractivity contribution in [1.82, 2.24) is 15.0 Å². The lowest BCUT2D eigenvalue weighted by molar-refractivity contribution is 0.453. The third-order valence-corrected chi connectivity index (χ3v) is 5.30. The average Bonchev–Trinajstić information content (AvgIpc) is 2.75. The fourth-order valence-corrected chi connectivity index (χ4v) is 3.30. The summed E-state index contributed by atoms with van der Waals surface area (Å²) in [5, 5.41) is 20.8. The molecule has 0 aliphatic carbocycles. The molecule has 0 saturated heterocycles. The zero-order valence-electron chi connectivity index (χ0n) is 17.6. The first-order valence-electron chi connectivity index (χ1n) is 9.64. The minimum absolute atomic E-state index is 0.0928. The summed E-state index contributed by atoms with van der Waals surface area (Å²) in [5.41, 5.74) is 8.06. The molecule has 0 spiro atoms. The Morgan fingerprint density at radius 3 is 1.30 bits per heavy atom. The molecule has 0 atom stereocenters. The normalized spacial score (nSPS) is 10.3. The SMILES string of the molecule is Cc1cccc(-c2cc(-c3cccc(C)c3C)c(O)cc2O)c1C.c1ncncn1. The molecule has 1 heterocycles. The maximum atomic E-state index is 10.4. The number of rotatable bonds is 2. The van der Waals surface area contributed by atoms with Crippen LogP contribution in [0.15, 0.2) is 67.5 Å². The van der Waals surface area contributed by atoms with Crippen LogP contribution < -0.4 is 0 Å². The van der Waals surface area contributed by atoms with Crippen molar-refractivity contribution in [2.24, 2.45) is 0 Å². The second-order valence-electron chi connectivity index (χ2n) is 7.18. The van der Waals surface area contributed by atoms with Crippen LogP contribution >= 0.6 is 0 Å². The largest absolute Gasteiger partial charge is 0.507 e. The highest BCUT2D eigenvalue weighted by molar-refractivity contribution is 5.84. The summed E-state index contributed by atoms with van der Waals surface area (Å²) in [6, 6.07) is 15.4. The van der Waals surface area contributed by atoms with E-state index in [2.05, 4.69) is 54.8 Å². The zero-order chi connectivity index (χ0) is 21.7. The average molecular weight is 399 g/mol. The van der Waals surface area contributed by atoms with Crippen LogP contribution in [-0.4, -0.2) is 25.2 Å². The first kappa shape index (κ1) is 21.0. The Hall–Kier alpha value is -3.73. The Kier molecular flexibility index (Phi) is 6.42. The fourth-order valence-electron chi connectivity index (χ4n) is 3.30. The van der Waals surface area contributed by atoms with Crippen molar-refractivity contribution < 1.29 is 10.2 Å². The fraction of sp³-hybridized carbons (Fsp3) is 0.160. The van der Waals surface area contributed by atoms with Crippen LogP contribution in [0.2, 0.25) is 0 Å². The van der Waals surface area contributed by atoms with Gasteiger partial charge in [-0.1, -0.05) is 36.4 Å². The van der Waals surface area contributed by atoms with E-state index < -0.39 is 0 Å². The van der Waals surface area contributed by atoms with Gasteiger partial charge in [0.2, 0.25) is 0 Å². The molecular weight excluding hydrogens is 374 g/mol. The number of hydrogen-bond acceptors (Lipinski definition) is 5. The molecule has 0 saturated carbocycles. The van der Waals surface area contributed by atoms with Gasteiger partial charge in [0.25, 0.3) is 0 Å². The first-order valence-corrected chi connectivity index (χ1v) is 9.64. The third kappa shape index (κ3) is 4.46. The Labute approximate surface area is 176 Å². The van der Waals surface area contributed by atoms with Gasteiger partial charge in [-0.3, -0.25) is 0 Å². The van der Waals surface area contributed by atoms with Gasteiger partial charge in [0.05, 0.1) is 0 Å². The second kappa shape index (κ2) is 9.18. The summed E-state index contributed by atoms with van der Waals surface area (Å²) >= 11 is 0. The van der Waals surface area contributed by atoms with Crippen molar-refractivity contribution >= 4 is 0 Å². The lowest BCUT2D eigenvalue weighted by Gasteiger charge is -2.15. The molecule has 0 unspecified atom stereocenters. The highest BCUT2D eigenvalue weighted by Gasteiger charge is 2.15. The van der Waals surface area contributed by atoms with E-state index in [1.165, 1.54) is 36.2 Å². The van der Waals surface area contributed by atoms with Crippen LogP contribution in [0.5, 0.6) is 11.5 Å². The summed E-state index contributed by atoms with van der Waals surface area (Å²) in [6.45, 7) is 8.22. The van der Waals surface area contributed by atoms with Gasteiger partial charge in [-0.15, -0.1) is 0 Å². The molecule has 0 aliphatic heterocycles. The van der Waals surface area contributed by atoms with Gasteiger partial charge in [0, 0.05) is 17.2 Å². The Bertz CT molecular complexity index is 1060. The Morgan fingerprint density at radius 2 is 0.933 bits per heavy atom. The first-order chi connectivity index (χ1) is 14.4. The Balaban J connectivity index is 0.000000367. The van der Waals surface area contributed by atoms with Crippen LogP contribution in [0.3, 0.4) is 0 Å². The summed E-state index contributed by atoms with van der Waals surface area (Å²) in [7, 11) is 0. The predicted octanol–water partition coefficient (Wildman–Crippen LogP) is 5.54. The summed E-state index contributed by atoms with van der Waals surface area (Å²) in [6.07, 6.45) is 4.31. The van der Waals surface area contributed by atoms with Crippen molar-refractivity contribution in [1.29, 1.82) is 0 Å². The van der Waals surface area contributed by atoms with Crippen LogP contribution in [-0.2, 0) is 0 Å². The van der Waals surface area contributed by atoms with Crippen LogP contribution in [0.25, 0.3) is 22.3 Å². The zero-order valence-corrected chi connectivity index (χ0v) is 17.6. The van der Waals surface area contributed by atoms with Gasteiger partial charge < -0.3 is 10.2 Å². The van der Waals surface area contributed by atoms with E-state index in [4.69, 9.17) is 0 Å². The van der Waals surface area contributed by atoms with Gasteiger partial charge in [0.15, 0.2) is 0 Å². The molecule has 0 amide bonds. The summed E-state index contributed by atoms with van der Waals surface area (Å²) in [5.74, 6) is 0.186. The standard InChI is InChI=1S/C22H22O2.C3H3N3/c1-13-7-5-9-17(15(13)3)19-11-20(22(24)12-21(19)23)18-10-6-8-14(2)16(18)4;1-4-2-6-3-5-1/h5-12,23-24H,1-4H3;1-3H. The molecule has 0 bridgehead atoms. The quantitative estimate of drug-likeness (QED) is 0.463. The maximum absolute atomic E-state index is 10.4. The molecule has 0 fully saturated rings. The number of aromatic hydroxyl groups is 2. The molecule has 30 heavy (non-hydrogen) atoms. The van der Waals surface area contributed by atoms with Gasteiger partial charge >= 0.3 is 0 Å². The monoisotopic (exact) mass is 399 g/mol. The molecule has 152 valence electrons. The summed E-state index contributed by atoms with van der Waals surface area (Å²) < 4.78 is 0. The van der Waals surface area contributed by atoms with Crippen LogP contribution in [0.1, 0.15) is 22.3 Å². The van der Waals surface area contributed by atoms with E-state index in [-0.39, 0.29) is 11.5 Å². The predicted molar refractivity (Wildman–Crippen MR) is 119 cm³/mol. The summed E-state index contributed by atoms with van der Waals surface area (Å²) in [4.78, 5) is 10.7. The van der Waals surface area contributed by atoms with Crippen molar-refractivity contribution in [2.45, 2.75) is 27.7 Å². The third-order valence-electron chi connectivity index (χ3n) is 5.30. The van der Waals surface area contributed by atoms with Gasteiger partial charge in [0.1, 0.15) is 30.5 Å². The molecule has 4 aromatic rings. The molecular formula is C25H25N3O2. The van der Waals surface area contributed by atoms with E-state index >= 15 is 0 Å². The molecule has 3 aromatic carbocycles. The smallest absolute Gasteiger partial charge is 0.127 e. The van der Waals surface area contributed by atoms with Gasteiger partial charge in [-0.25, -0.2) is 15.0 Å². The number of phenolic OH excluding ortho intramolecular Hbond substituents is 2. The van der Waals surface area contributed by atoms with E-state index in [1.807, 2.05) is 30.3 Å². The number of hydrogen-bond donors (Lipinski definition) is 2. The highest BCUT2D eigenvalue weighted by atomic mass is 16.3. The van der Waals surface area contributed by atoms with Gasteiger partial charge in [-0.05, 0) is 67.1 Å². The minimum atomic E-state index is 0.0928. The van der Waals surface area contributed by atoms with Crippen molar-refractivity contribution in [2.75, 3.05) is 0 Å². The number of nitrogens with zero attached hydrogens (tertiary/aromatic N) is 3. The van der Waals surface area contributed by atoms with Crippen LogP contribution in [0.4, 0.5) is 0 Å². The minimum Gasteiger partial charge on any atom is -0.507 e. The van der Waals surface area contributed by atoms with E-state index in [0.717, 1.165) is 33.4 Å². The lowest BCUT2D eigenvalue weighted by Crippen LogP contribution is -1.91. The van der Waals surface area contributed by atoms with Crippen LogP contribution in [0, 0.1) is 27.7 Å². The molecule has 0 aliphatic rings. The number of phenols is 2. The number of aromatic nitrogens is 3. The highest BCUT2D eigenvalue weighted by Crippen LogP contribution is 2.42. The van der Waals surface area contributed by atoms with E-state index in [9.17, 15) is 10.2 Å². The van der Waals surface area contributed by atoms with Crippen molar-refractivity contribution in [3.05, 3.63) is 89.8 Å². The van der Waals surface area contributed by atoms with E-state index in [1.54, 1.807) is 0 Å².